The molecule has 2 amide bonds. The summed E-state index contributed by atoms with van der Waals surface area (Å²) in [5.74, 6) is -0.389. The average molecular weight is 453 g/mol. The Bertz CT molecular complexity index is 1220. The van der Waals surface area contributed by atoms with Gasteiger partial charge < -0.3 is 10.1 Å². The molecule has 0 unspecified atom stereocenters. The maximum absolute atomic E-state index is 13.4. The molecule has 3 aromatic rings. The standard InChI is InChI=1S/C24H18Cl2N2O3/c1-14-6-11-20(31-2)19(12-14)27-22-21(15-7-9-16(25)10-8-15)23(29)28(24(22)30)18-5-3-4-17(26)13-18/h3-13,27H,1-2H3. The second-order valence-electron chi connectivity index (χ2n) is 7.01. The Morgan fingerprint density at radius 1 is 0.871 bits per heavy atom. The zero-order valence-corrected chi connectivity index (χ0v) is 18.3. The predicted molar refractivity (Wildman–Crippen MR) is 124 cm³/mol. The fourth-order valence-corrected chi connectivity index (χ4v) is 3.74. The van der Waals surface area contributed by atoms with Crippen molar-refractivity contribution in [2.24, 2.45) is 0 Å². The molecule has 0 aromatic heterocycles. The second-order valence-corrected chi connectivity index (χ2v) is 7.88. The molecule has 5 nitrogen and oxygen atoms in total. The summed E-state index contributed by atoms with van der Waals surface area (Å²) in [6.07, 6.45) is 0. The molecule has 1 heterocycles. The van der Waals surface area contributed by atoms with Gasteiger partial charge in [-0.15, -0.1) is 0 Å². The monoisotopic (exact) mass is 452 g/mol. The van der Waals surface area contributed by atoms with E-state index in [1.165, 1.54) is 0 Å². The van der Waals surface area contributed by atoms with Crippen molar-refractivity contribution in [1.82, 2.24) is 0 Å². The van der Waals surface area contributed by atoms with Crippen LogP contribution in [0.25, 0.3) is 5.57 Å². The molecule has 31 heavy (non-hydrogen) atoms. The lowest BCUT2D eigenvalue weighted by atomic mass is 10.0. The number of carbonyl (C=O) groups excluding carboxylic acids is 2. The SMILES string of the molecule is COc1ccc(C)cc1NC1=C(c2ccc(Cl)cc2)C(=O)N(c2cccc(Cl)c2)C1=O. The van der Waals surface area contributed by atoms with Gasteiger partial charge in [-0.25, -0.2) is 4.90 Å². The molecule has 0 fully saturated rings. The third-order valence-corrected chi connectivity index (χ3v) is 5.38. The Labute approximate surface area is 189 Å². The number of rotatable bonds is 5. The molecule has 0 spiro atoms. The number of halogens is 2. The Hall–Kier alpha value is -3.28. The van der Waals surface area contributed by atoms with Gasteiger partial charge in [0.05, 0.1) is 24.1 Å². The van der Waals surface area contributed by atoms with Crippen molar-refractivity contribution in [3.63, 3.8) is 0 Å². The van der Waals surface area contributed by atoms with Gasteiger partial charge in [-0.1, -0.05) is 47.5 Å². The van der Waals surface area contributed by atoms with E-state index < -0.39 is 11.8 Å². The van der Waals surface area contributed by atoms with Gasteiger partial charge in [0.2, 0.25) is 0 Å². The molecule has 3 aromatic carbocycles. The summed E-state index contributed by atoms with van der Waals surface area (Å²) in [4.78, 5) is 28.0. The zero-order valence-electron chi connectivity index (χ0n) is 16.8. The van der Waals surface area contributed by atoms with E-state index in [9.17, 15) is 9.59 Å². The van der Waals surface area contributed by atoms with Crippen molar-refractivity contribution in [2.75, 3.05) is 17.3 Å². The van der Waals surface area contributed by atoms with Crippen LogP contribution in [0, 0.1) is 6.92 Å². The lowest BCUT2D eigenvalue weighted by molar-refractivity contribution is -0.120. The van der Waals surface area contributed by atoms with Crippen molar-refractivity contribution in [3.8, 4) is 5.75 Å². The minimum absolute atomic E-state index is 0.149. The Morgan fingerprint density at radius 3 is 2.29 bits per heavy atom. The molecule has 1 aliphatic rings. The van der Waals surface area contributed by atoms with Crippen LogP contribution in [0.2, 0.25) is 10.0 Å². The van der Waals surface area contributed by atoms with Crippen LogP contribution in [0.15, 0.2) is 72.4 Å². The van der Waals surface area contributed by atoms with Crippen LogP contribution in [0.3, 0.4) is 0 Å². The summed E-state index contributed by atoms with van der Waals surface area (Å²) in [7, 11) is 1.55. The van der Waals surface area contributed by atoms with E-state index in [0.717, 1.165) is 10.5 Å². The van der Waals surface area contributed by atoms with Crippen LogP contribution in [-0.4, -0.2) is 18.9 Å². The van der Waals surface area contributed by atoms with Crippen molar-refractivity contribution in [2.45, 2.75) is 6.92 Å². The number of nitrogens with zero attached hydrogens (tertiary/aromatic N) is 1. The van der Waals surface area contributed by atoms with Gasteiger partial charge in [-0.3, -0.25) is 9.59 Å². The topological polar surface area (TPSA) is 58.6 Å². The number of ether oxygens (including phenoxy) is 1. The number of hydrogen-bond donors (Lipinski definition) is 1. The molecule has 0 saturated carbocycles. The first kappa shape index (κ1) is 21.0. The molecule has 1 aliphatic heterocycles. The number of anilines is 2. The molecular weight excluding hydrogens is 435 g/mol. The van der Waals surface area contributed by atoms with Crippen LogP contribution in [0.4, 0.5) is 11.4 Å². The number of carbonyl (C=O) groups is 2. The molecule has 4 rings (SSSR count). The van der Waals surface area contributed by atoms with Gasteiger partial charge in [-0.05, 0) is 60.5 Å². The van der Waals surface area contributed by atoms with Crippen molar-refractivity contribution < 1.29 is 14.3 Å². The predicted octanol–water partition coefficient (Wildman–Crippen LogP) is 5.71. The highest BCUT2D eigenvalue weighted by Crippen LogP contribution is 2.36. The van der Waals surface area contributed by atoms with E-state index in [1.807, 2.05) is 19.1 Å². The fraction of sp³-hybridized carbons (Fsp3) is 0.0833. The Morgan fingerprint density at radius 2 is 1.61 bits per heavy atom. The van der Waals surface area contributed by atoms with E-state index in [-0.39, 0.29) is 11.3 Å². The van der Waals surface area contributed by atoms with Crippen molar-refractivity contribution >= 4 is 52.0 Å². The van der Waals surface area contributed by atoms with Crippen LogP contribution >= 0.6 is 23.2 Å². The van der Waals surface area contributed by atoms with Crippen LogP contribution in [0.1, 0.15) is 11.1 Å². The molecule has 0 radical (unpaired) electrons. The molecule has 0 bridgehead atoms. The van der Waals surface area contributed by atoms with Crippen LogP contribution < -0.4 is 15.0 Å². The number of benzene rings is 3. The summed E-state index contributed by atoms with van der Waals surface area (Å²) in [5, 5.41) is 4.09. The van der Waals surface area contributed by atoms with Gasteiger partial charge in [0, 0.05) is 10.0 Å². The molecule has 0 aliphatic carbocycles. The van der Waals surface area contributed by atoms with E-state index in [4.69, 9.17) is 27.9 Å². The normalized spacial score (nSPS) is 13.7. The number of nitrogens with one attached hydrogen (secondary N) is 1. The first-order valence-corrected chi connectivity index (χ1v) is 10.2. The fourth-order valence-electron chi connectivity index (χ4n) is 3.43. The summed E-state index contributed by atoms with van der Waals surface area (Å²) < 4.78 is 5.43. The van der Waals surface area contributed by atoms with Gasteiger partial charge in [0.25, 0.3) is 11.8 Å². The summed E-state index contributed by atoms with van der Waals surface area (Å²) in [5.41, 5.74) is 2.91. The third kappa shape index (κ3) is 4.02. The summed E-state index contributed by atoms with van der Waals surface area (Å²) in [6, 6.07) is 18.9. The highest BCUT2D eigenvalue weighted by Gasteiger charge is 2.40. The quantitative estimate of drug-likeness (QED) is 0.503. The molecule has 0 atom stereocenters. The maximum atomic E-state index is 13.4. The van der Waals surface area contributed by atoms with Crippen molar-refractivity contribution in [1.29, 1.82) is 0 Å². The van der Waals surface area contributed by atoms with Crippen LogP contribution in [0.5, 0.6) is 5.75 Å². The van der Waals surface area contributed by atoms with E-state index in [0.29, 0.717) is 32.7 Å². The summed E-state index contributed by atoms with van der Waals surface area (Å²) in [6.45, 7) is 1.93. The van der Waals surface area contributed by atoms with Gasteiger partial charge in [-0.2, -0.15) is 0 Å². The first-order chi connectivity index (χ1) is 14.9. The second kappa shape index (κ2) is 8.46. The van der Waals surface area contributed by atoms with Gasteiger partial charge in [0.1, 0.15) is 11.4 Å². The smallest absolute Gasteiger partial charge is 0.282 e. The molecule has 0 saturated heterocycles. The molecule has 7 heteroatoms. The first-order valence-electron chi connectivity index (χ1n) is 9.45. The largest absolute Gasteiger partial charge is 0.495 e. The van der Waals surface area contributed by atoms with Crippen LogP contribution in [-0.2, 0) is 9.59 Å². The lowest BCUT2D eigenvalue weighted by Gasteiger charge is -2.16. The molecular formula is C24H18Cl2N2O3. The third-order valence-electron chi connectivity index (χ3n) is 4.90. The van der Waals surface area contributed by atoms with Gasteiger partial charge in [0.15, 0.2) is 0 Å². The van der Waals surface area contributed by atoms with E-state index in [2.05, 4.69) is 5.32 Å². The summed E-state index contributed by atoms with van der Waals surface area (Å²) >= 11 is 12.1. The highest BCUT2D eigenvalue weighted by molar-refractivity contribution is 6.46. The molecule has 1 N–H and O–H groups in total. The van der Waals surface area contributed by atoms with E-state index in [1.54, 1.807) is 61.7 Å². The Balaban J connectivity index is 1.86. The van der Waals surface area contributed by atoms with Gasteiger partial charge >= 0.3 is 0 Å². The number of amides is 2. The molecule has 156 valence electrons. The number of methoxy groups -OCH3 is 1. The lowest BCUT2D eigenvalue weighted by Crippen LogP contribution is -2.32. The van der Waals surface area contributed by atoms with E-state index >= 15 is 0 Å². The average Bonchev–Trinajstić information content (AvgIpc) is 2.98. The minimum Gasteiger partial charge on any atom is -0.495 e. The number of hydrogen-bond acceptors (Lipinski definition) is 4. The minimum atomic E-state index is -0.485. The number of imide groups is 1. The van der Waals surface area contributed by atoms with Crippen molar-refractivity contribution in [3.05, 3.63) is 93.6 Å². The number of aryl methyl sites for hydroxylation is 1. The highest BCUT2D eigenvalue weighted by atomic mass is 35.5. The maximum Gasteiger partial charge on any atom is 0.282 e. The Kier molecular flexibility index (Phi) is 5.72. The zero-order chi connectivity index (χ0) is 22.1.